The van der Waals surface area contributed by atoms with E-state index in [-0.39, 0.29) is 0 Å². The lowest BCUT2D eigenvalue weighted by Gasteiger charge is -2.27. The van der Waals surface area contributed by atoms with Crippen LogP contribution in [0.5, 0.6) is 0 Å². The molecule has 5 rings (SSSR count). The topological polar surface area (TPSA) is 16.4 Å². The van der Waals surface area contributed by atoms with Crippen LogP contribution in [0.25, 0.3) is 27.6 Å². The molecule has 0 radical (unpaired) electrons. The van der Waals surface area contributed by atoms with Crippen molar-refractivity contribution in [2.75, 3.05) is 31.2 Å². The van der Waals surface area contributed by atoms with Crippen LogP contribution in [0.1, 0.15) is 0 Å². The zero-order valence-electron chi connectivity index (χ0n) is 15.3. The van der Waals surface area contributed by atoms with Crippen LogP contribution in [0.4, 0.5) is 5.00 Å². The highest BCUT2D eigenvalue weighted by Gasteiger charge is 2.26. The number of morpholine rings is 1. The third-order valence-corrected chi connectivity index (χ3v) is 6.81. The predicted octanol–water partition coefficient (Wildman–Crippen LogP) is 5.44. The highest BCUT2D eigenvalue weighted by molar-refractivity contribution is 9.10. The number of nitrogens with zero attached hydrogens (tertiary/aromatic N) is 2. The minimum Gasteiger partial charge on any atom is -0.378 e. The first kappa shape index (κ1) is 17.9. The Balaban J connectivity index is 1.69. The summed E-state index contributed by atoms with van der Waals surface area (Å²) in [5.74, 6) is 0. The highest BCUT2D eigenvalue weighted by Crippen LogP contribution is 2.38. The fourth-order valence-corrected chi connectivity index (χ4v) is 5.09. The molecule has 0 bridgehead atoms. The summed E-state index contributed by atoms with van der Waals surface area (Å²) in [6, 6.07) is 23.7. The molecule has 0 atom stereocenters. The number of hydrogen-bond donors (Lipinski definition) is 0. The second-order valence-electron chi connectivity index (χ2n) is 6.87. The third kappa shape index (κ3) is 3.34. The molecule has 4 aromatic rings. The summed E-state index contributed by atoms with van der Waals surface area (Å²) < 4.78 is 8.96. The molecule has 140 valence electrons. The number of benzene rings is 3. The van der Waals surface area contributed by atoms with E-state index in [1.165, 1.54) is 32.6 Å². The van der Waals surface area contributed by atoms with E-state index < -0.39 is 0 Å². The van der Waals surface area contributed by atoms with Gasteiger partial charge in [0, 0.05) is 29.7 Å². The molecule has 1 saturated heterocycles. The number of rotatable bonds is 3. The van der Waals surface area contributed by atoms with Crippen molar-refractivity contribution in [3.8, 4) is 16.8 Å². The van der Waals surface area contributed by atoms with Gasteiger partial charge in [-0.05, 0) is 28.5 Å². The summed E-state index contributed by atoms with van der Waals surface area (Å²) in [6.45, 7) is 3.42. The lowest BCUT2D eigenvalue weighted by atomic mass is 10.00. The molecule has 28 heavy (non-hydrogen) atoms. The average molecular weight is 452 g/mol. The van der Waals surface area contributed by atoms with E-state index in [9.17, 15) is 0 Å². The van der Waals surface area contributed by atoms with Crippen LogP contribution in [0.3, 0.4) is 0 Å². The lowest BCUT2D eigenvalue weighted by Crippen LogP contribution is -2.36. The Kier molecular flexibility index (Phi) is 4.89. The first-order valence-corrected chi connectivity index (χ1v) is 11.0. The maximum atomic E-state index is 5.59. The molecule has 1 aliphatic heterocycles. The molecule has 0 amide bonds. The Hall–Kier alpha value is -2.21. The second kappa shape index (κ2) is 7.66. The molecule has 5 heteroatoms. The summed E-state index contributed by atoms with van der Waals surface area (Å²) in [6.07, 6.45) is 2.28. The number of hydrogen-bond acceptors (Lipinski definition) is 3. The summed E-state index contributed by atoms with van der Waals surface area (Å²) in [7, 11) is 0. The van der Waals surface area contributed by atoms with Crippen LogP contribution >= 0.6 is 27.5 Å². The number of halogens is 1. The molecule has 0 saturated carbocycles. The van der Waals surface area contributed by atoms with Gasteiger partial charge in [-0.2, -0.15) is 0 Å². The minimum atomic E-state index is 0.783. The molecule has 3 aromatic carbocycles. The maximum Gasteiger partial charge on any atom is 0.225 e. The SMILES string of the molecule is Brc1ccc(-[n+]2cc(-c3cccc4ccccc34)c(N3CCOCC3)s2)cc1. The molecular formula is C23H20BrN2OS+. The molecule has 1 aliphatic rings. The van der Waals surface area contributed by atoms with Crippen molar-refractivity contribution in [1.29, 1.82) is 0 Å². The highest BCUT2D eigenvalue weighted by atomic mass is 79.9. The van der Waals surface area contributed by atoms with Crippen LogP contribution in [0.15, 0.2) is 77.4 Å². The van der Waals surface area contributed by atoms with E-state index in [4.69, 9.17) is 4.74 Å². The van der Waals surface area contributed by atoms with Crippen LogP contribution < -0.4 is 8.86 Å². The van der Waals surface area contributed by atoms with Gasteiger partial charge in [0.1, 0.15) is 0 Å². The number of aromatic nitrogens is 1. The third-order valence-electron chi connectivity index (χ3n) is 5.12. The van der Waals surface area contributed by atoms with Crippen molar-refractivity contribution in [3.63, 3.8) is 0 Å². The molecule has 0 spiro atoms. The van der Waals surface area contributed by atoms with Gasteiger partial charge in [0.25, 0.3) is 0 Å². The van der Waals surface area contributed by atoms with Crippen LogP contribution in [-0.2, 0) is 4.74 Å². The van der Waals surface area contributed by atoms with Gasteiger partial charge < -0.3 is 9.64 Å². The van der Waals surface area contributed by atoms with Crippen LogP contribution in [0, 0.1) is 0 Å². The van der Waals surface area contributed by atoms with Crippen molar-refractivity contribution in [2.45, 2.75) is 0 Å². The van der Waals surface area contributed by atoms with Crippen molar-refractivity contribution in [2.24, 2.45) is 0 Å². The first-order chi connectivity index (χ1) is 13.8. The fourth-order valence-electron chi connectivity index (χ4n) is 3.70. The van der Waals surface area contributed by atoms with Gasteiger partial charge in [0.15, 0.2) is 16.5 Å². The maximum absolute atomic E-state index is 5.59. The zero-order chi connectivity index (χ0) is 18.9. The normalized spacial score (nSPS) is 14.5. The molecule has 0 unspecified atom stereocenters. The van der Waals surface area contributed by atoms with Crippen LogP contribution in [0.2, 0.25) is 0 Å². The number of anilines is 1. The fraction of sp³-hybridized carbons (Fsp3) is 0.174. The van der Waals surface area contributed by atoms with E-state index in [0.717, 1.165) is 30.8 Å². The number of ether oxygens (including phenoxy) is 1. The van der Waals surface area contributed by atoms with Crippen LogP contribution in [-0.4, -0.2) is 26.3 Å². The van der Waals surface area contributed by atoms with Gasteiger partial charge in [-0.3, -0.25) is 0 Å². The van der Waals surface area contributed by atoms with Crippen molar-refractivity contribution >= 4 is 43.2 Å². The van der Waals surface area contributed by atoms with Crippen molar-refractivity contribution < 1.29 is 8.69 Å². The van der Waals surface area contributed by atoms with Gasteiger partial charge in [-0.1, -0.05) is 62.4 Å². The Morgan fingerprint density at radius 2 is 1.61 bits per heavy atom. The summed E-state index contributed by atoms with van der Waals surface area (Å²) in [4.78, 5) is 2.46. The Morgan fingerprint density at radius 1 is 0.857 bits per heavy atom. The molecule has 0 N–H and O–H groups in total. The second-order valence-corrected chi connectivity index (χ2v) is 8.75. The van der Waals surface area contributed by atoms with Gasteiger partial charge in [-0.15, -0.1) is 0 Å². The lowest BCUT2D eigenvalue weighted by molar-refractivity contribution is -0.519. The number of fused-ring (bicyclic) bond motifs is 1. The summed E-state index contributed by atoms with van der Waals surface area (Å²) in [5.41, 5.74) is 3.74. The Labute approximate surface area is 177 Å². The van der Waals surface area contributed by atoms with Crippen molar-refractivity contribution in [1.82, 2.24) is 0 Å². The molecule has 1 aromatic heterocycles. The smallest absolute Gasteiger partial charge is 0.225 e. The van der Waals surface area contributed by atoms with Gasteiger partial charge >= 0.3 is 0 Å². The molecule has 0 aliphatic carbocycles. The average Bonchev–Trinajstić information content (AvgIpc) is 3.20. The van der Waals surface area contributed by atoms with Crippen molar-refractivity contribution in [3.05, 3.63) is 77.4 Å². The monoisotopic (exact) mass is 451 g/mol. The van der Waals surface area contributed by atoms with E-state index in [2.05, 4.69) is 97.7 Å². The Bertz CT molecular complexity index is 1110. The van der Waals surface area contributed by atoms with E-state index in [0.29, 0.717) is 0 Å². The molecule has 1 fully saturated rings. The van der Waals surface area contributed by atoms with Gasteiger partial charge in [0.2, 0.25) is 11.9 Å². The van der Waals surface area contributed by atoms with Gasteiger partial charge in [-0.25, -0.2) is 0 Å². The minimum absolute atomic E-state index is 0.783. The summed E-state index contributed by atoms with van der Waals surface area (Å²) >= 11 is 5.34. The van der Waals surface area contributed by atoms with Gasteiger partial charge in [0.05, 0.1) is 18.8 Å². The standard InChI is InChI=1S/C23H20BrN2OS/c24-18-8-10-19(11-9-18)26-16-22(23(28-26)25-12-14-27-15-13-25)21-7-3-5-17-4-1-2-6-20(17)21/h1-11,16H,12-15H2/q+1. The molecule has 3 nitrogen and oxygen atoms in total. The quantitative estimate of drug-likeness (QED) is 0.385. The summed E-state index contributed by atoms with van der Waals surface area (Å²) in [5, 5.41) is 3.87. The molecular weight excluding hydrogens is 432 g/mol. The first-order valence-electron chi connectivity index (χ1n) is 9.42. The van der Waals surface area contributed by atoms with E-state index >= 15 is 0 Å². The van der Waals surface area contributed by atoms with E-state index in [1.807, 2.05) is 0 Å². The van der Waals surface area contributed by atoms with E-state index in [1.54, 1.807) is 11.5 Å². The Morgan fingerprint density at radius 3 is 2.43 bits per heavy atom. The zero-order valence-corrected chi connectivity index (χ0v) is 17.7. The largest absolute Gasteiger partial charge is 0.378 e. The molecule has 2 heterocycles. The predicted molar refractivity (Wildman–Crippen MR) is 120 cm³/mol.